The number of thiazole rings is 1. The van der Waals surface area contributed by atoms with Crippen LogP contribution in [0.1, 0.15) is 48.0 Å². The summed E-state index contributed by atoms with van der Waals surface area (Å²) in [7, 11) is 0. The Balaban J connectivity index is 1.22. The molecule has 0 spiro atoms. The summed E-state index contributed by atoms with van der Waals surface area (Å²) in [6, 6.07) is 2.03. The monoisotopic (exact) mass is 344 g/mol. The maximum atomic E-state index is 5.94. The number of rotatable bonds is 6. The van der Waals surface area contributed by atoms with Crippen LogP contribution in [0.2, 0.25) is 0 Å². The Bertz CT molecular complexity index is 677. The normalized spacial score (nSPS) is 19.5. The number of aryl methyl sites for hydroxylation is 1. The van der Waals surface area contributed by atoms with Crippen molar-refractivity contribution in [2.45, 2.75) is 45.1 Å². The Hall–Kier alpha value is -1.53. The maximum Gasteiger partial charge on any atom is 0.216 e. The summed E-state index contributed by atoms with van der Waals surface area (Å²) >= 11 is 1.74. The highest BCUT2D eigenvalue weighted by atomic mass is 32.1. The first-order chi connectivity index (χ1) is 11.8. The quantitative estimate of drug-likeness (QED) is 0.804. The molecule has 0 atom stereocenters. The first-order valence-electron chi connectivity index (χ1n) is 8.84. The van der Waals surface area contributed by atoms with Gasteiger partial charge in [0.25, 0.3) is 0 Å². The Morgan fingerprint density at radius 3 is 2.75 bits per heavy atom. The molecule has 128 valence electrons. The molecule has 2 aliphatic rings. The van der Waals surface area contributed by atoms with E-state index in [9.17, 15) is 0 Å². The number of ether oxygens (including phenoxy) is 1. The fourth-order valence-corrected chi connectivity index (χ4v) is 3.86. The van der Waals surface area contributed by atoms with Gasteiger partial charge in [0.2, 0.25) is 5.88 Å². The fraction of sp³-hybridized carbons (Fsp3) is 0.611. The van der Waals surface area contributed by atoms with Crippen LogP contribution in [0.5, 0.6) is 5.88 Å². The summed E-state index contributed by atoms with van der Waals surface area (Å²) in [5.74, 6) is 2.01. The molecule has 0 amide bonds. The maximum absolute atomic E-state index is 5.94. The molecule has 1 saturated heterocycles. The summed E-state index contributed by atoms with van der Waals surface area (Å²) in [6.45, 7) is 6.07. The van der Waals surface area contributed by atoms with E-state index in [0.29, 0.717) is 11.8 Å². The fourth-order valence-electron chi connectivity index (χ4n) is 3.26. The van der Waals surface area contributed by atoms with Gasteiger partial charge in [-0.25, -0.2) is 15.0 Å². The lowest BCUT2D eigenvalue weighted by Crippen LogP contribution is -2.35. The van der Waals surface area contributed by atoms with Crippen molar-refractivity contribution in [1.82, 2.24) is 19.9 Å². The van der Waals surface area contributed by atoms with Crippen LogP contribution >= 0.6 is 11.3 Å². The van der Waals surface area contributed by atoms with Crippen molar-refractivity contribution in [3.05, 3.63) is 34.2 Å². The minimum atomic E-state index is 0.623. The SMILES string of the molecule is Cc1nc(CN2CCC(COc3cc(C4CC4)ncn3)CC2)cs1. The molecule has 6 heteroatoms. The third kappa shape index (κ3) is 4.11. The third-order valence-electron chi connectivity index (χ3n) is 4.89. The molecule has 1 aliphatic heterocycles. The predicted octanol–water partition coefficient (Wildman–Crippen LogP) is 3.41. The van der Waals surface area contributed by atoms with Crippen molar-refractivity contribution in [2.24, 2.45) is 5.92 Å². The van der Waals surface area contributed by atoms with Gasteiger partial charge in [0, 0.05) is 23.9 Å². The van der Waals surface area contributed by atoms with Gasteiger partial charge in [-0.15, -0.1) is 11.3 Å². The van der Waals surface area contributed by atoms with E-state index in [1.807, 2.05) is 6.07 Å². The van der Waals surface area contributed by atoms with Crippen LogP contribution < -0.4 is 4.74 Å². The molecule has 2 aromatic heterocycles. The van der Waals surface area contributed by atoms with Crippen LogP contribution in [0.4, 0.5) is 0 Å². The van der Waals surface area contributed by atoms with Gasteiger partial charge in [-0.1, -0.05) is 0 Å². The van der Waals surface area contributed by atoms with Gasteiger partial charge in [-0.3, -0.25) is 4.90 Å². The summed E-state index contributed by atoms with van der Waals surface area (Å²) in [5.41, 5.74) is 2.36. The van der Waals surface area contributed by atoms with Crippen molar-refractivity contribution >= 4 is 11.3 Å². The Morgan fingerprint density at radius 1 is 1.21 bits per heavy atom. The summed E-state index contributed by atoms with van der Waals surface area (Å²) in [4.78, 5) is 15.7. The molecule has 2 aromatic rings. The second-order valence-corrected chi connectivity index (χ2v) is 8.01. The van der Waals surface area contributed by atoms with Crippen LogP contribution in [0.25, 0.3) is 0 Å². The van der Waals surface area contributed by atoms with E-state index in [1.54, 1.807) is 17.7 Å². The molecule has 1 saturated carbocycles. The highest BCUT2D eigenvalue weighted by Crippen LogP contribution is 2.39. The number of nitrogens with zero attached hydrogens (tertiary/aromatic N) is 4. The molecule has 4 rings (SSSR count). The molecule has 24 heavy (non-hydrogen) atoms. The zero-order valence-electron chi connectivity index (χ0n) is 14.1. The van der Waals surface area contributed by atoms with E-state index < -0.39 is 0 Å². The van der Waals surface area contributed by atoms with Gasteiger partial charge in [0.1, 0.15) is 6.33 Å². The van der Waals surface area contributed by atoms with Gasteiger partial charge in [-0.2, -0.15) is 0 Å². The largest absolute Gasteiger partial charge is 0.477 e. The zero-order valence-corrected chi connectivity index (χ0v) is 15.0. The zero-order chi connectivity index (χ0) is 16.4. The number of likely N-dealkylation sites (tertiary alicyclic amines) is 1. The molecule has 0 N–H and O–H groups in total. The van der Waals surface area contributed by atoms with E-state index in [2.05, 4.69) is 32.2 Å². The summed E-state index contributed by atoms with van der Waals surface area (Å²) in [6.07, 6.45) is 6.52. The standard InChI is InChI=1S/C18H24N4OS/c1-13-21-16(11-24-13)9-22-6-4-14(5-7-22)10-23-18-8-17(15-2-3-15)19-12-20-18/h8,11-12,14-15H,2-7,9-10H2,1H3. The summed E-state index contributed by atoms with van der Waals surface area (Å²) < 4.78 is 5.94. The van der Waals surface area contributed by atoms with Crippen LogP contribution in [0.15, 0.2) is 17.8 Å². The van der Waals surface area contributed by atoms with Crippen LogP contribution in [-0.4, -0.2) is 39.5 Å². The molecule has 2 fully saturated rings. The molecule has 3 heterocycles. The third-order valence-corrected chi connectivity index (χ3v) is 5.71. The number of aromatic nitrogens is 3. The van der Waals surface area contributed by atoms with E-state index >= 15 is 0 Å². The van der Waals surface area contributed by atoms with Crippen LogP contribution in [-0.2, 0) is 6.54 Å². The lowest BCUT2D eigenvalue weighted by molar-refractivity contribution is 0.133. The molecule has 1 aliphatic carbocycles. The second kappa shape index (κ2) is 7.15. The van der Waals surface area contributed by atoms with E-state index in [4.69, 9.17) is 4.74 Å². The lowest BCUT2D eigenvalue weighted by Gasteiger charge is -2.31. The van der Waals surface area contributed by atoms with Gasteiger partial charge in [0.15, 0.2) is 0 Å². The Morgan fingerprint density at radius 2 is 2.04 bits per heavy atom. The predicted molar refractivity (Wildman–Crippen MR) is 94.4 cm³/mol. The first-order valence-corrected chi connectivity index (χ1v) is 9.72. The molecule has 0 radical (unpaired) electrons. The first kappa shape index (κ1) is 16.0. The van der Waals surface area contributed by atoms with Crippen LogP contribution in [0.3, 0.4) is 0 Å². The van der Waals surface area contributed by atoms with Crippen molar-refractivity contribution in [3.8, 4) is 5.88 Å². The molecular weight excluding hydrogens is 320 g/mol. The molecular formula is C18H24N4OS. The lowest BCUT2D eigenvalue weighted by atomic mass is 9.98. The minimum Gasteiger partial charge on any atom is -0.477 e. The smallest absolute Gasteiger partial charge is 0.216 e. The van der Waals surface area contributed by atoms with Crippen molar-refractivity contribution in [1.29, 1.82) is 0 Å². The van der Waals surface area contributed by atoms with Gasteiger partial charge >= 0.3 is 0 Å². The number of hydrogen-bond donors (Lipinski definition) is 0. The topological polar surface area (TPSA) is 51.1 Å². The van der Waals surface area contributed by atoms with E-state index in [-0.39, 0.29) is 0 Å². The van der Waals surface area contributed by atoms with Crippen molar-refractivity contribution < 1.29 is 4.74 Å². The summed E-state index contributed by atoms with van der Waals surface area (Å²) in [5, 5.41) is 3.33. The van der Waals surface area contributed by atoms with E-state index in [1.165, 1.54) is 31.4 Å². The highest BCUT2D eigenvalue weighted by molar-refractivity contribution is 7.09. The average molecular weight is 344 g/mol. The molecule has 0 bridgehead atoms. The Labute approximate surface area is 147 Å². The highest BCUT2D eigenvalue weighted by Gasteiger charge is 2.26. The number of hydrogen-bond acceptors (Lipinski definition) is 6. The van der Waals surface area contributed by atoms with Crippen molar-refractivity contribution in [2.75, 3.05) is 19.7 Å². The van der Waals surface area contributed by atoms with E-state index in [0.717, 1.165) is 42.8 Å². The van der Waals surface area contributed by atoms with Crippen LogP contribution in [0, 0.1) is 12.8 Å². The molecule has 0 aromatic carbocycles. The van der Waals surface area contributed by atoms with Crippen molar-refractivity contribution in [3.63, 3.8) is 0 Å². The molecule has 5 nitrogen and oxygen atoms in total. The second-order valence-electron chi connectivity index (χ2n) is 6.94. The molecule has 0 unspecified atom stereocenters. The number of piperidine rings is 1. The van der Waals surface area contributed by atoms with Gasteiger partial charge < -0.3 is 4.74 Å². The Kier molecular flexibility index (Phi) is 4.76. The average Bonchev–Trinajstić information content (AvgIpc) is 3.38. The minimum absolute atomic E-state index is 0.623. The van der Waals surface area contributed by atoms with Gasteiger partial charge in [-0.05, 0) is 51.6 Å². The van der Waals surface area contributed by atoms with Gasteiger partial charge in [0.05, 0.1) is 23.0 Å².